The molecule has 0 heterocycles. The molecule has 2 heteroatoms. The van der Waals surface area contributed by atoms with Crippen LogP contribution in [-0.4, -0.2) is 18.5 Å². The van der Waals surface area contributed by atoms with Crippen molar-refractivity contribution >= 4 is 0 Å². The normalized spacial score (nSPS) is 17.1. The predicted molar refractivity (Wildman–Crippen MR) is 54.0 cm³/mol. The summed E-state index contributed by atoms with van der Waals surface area (Å²) >= 11 is 0. The van der Waals surface area contributed by atoms with Gasteiger partial charge in [-0.25, -0.2) is 0 Å². The van der Waals surface area contributed by atoms with Crippen molar-refractivity contribution in [2.45, 2.75) is 38.5 Å². The first-order valence-electron chi connectivity index (χ1n) is 5.11. The lowest BCUT2D eigenvalue weighted by Crippen LogP contribution is -2.18. The van der Waals surface area contributed by atoms with Crippen LogP contribution in [0.5, 0.6) is 0 Å². The molecule has 0 amide bonds. The van der Waals surface area contributed by atoms with E-state index in [1.165, 1.54) is 37.8 Å². The van der Waals surface area contributed by atoms with Crippen molar-refractivity contribution in [2.75, 3.05) is 13.6 Å². The van der Waals surface area contributed by atoms with E-state index in [-0.39, 0.29) is 0 Å². The molecule has 0 bridgehead atoms. The van der Waals surface area contributed by atoms with Crippen LogP contribution in [0.3, 0.4) is 0 Å². The average molecular weight is 178 g/mol. The molecule has 0 saturated heterocycles. The predicted octanol–water partition coefficient (Wildman–Crippen LogP) is 2.68. The number of nitrogens with zero attached hydrogens (tertiary/aromatic N) is 2. The Morgan fingerprint density at radius 1 is 1.46 bits per heavy atom. The molecule has 0 saturated carbocycles. The number of hydrogen-bond acceptors (Lipinski definition) is 2. The largest absolute Gasteiger partial charge is 0.377 e. The first-order valence-corrected chi connectivity index (χ1v) is 5.11. The van der Waals surface area contributed by atoms with Gasteiger partial charge < -0.3 is 4.90 Å². The molecule has 0 aromatic heterocycles. The number of rotatable bonds is 3. The summed E-state index contributed by atoms with van der Waals surface area (Å²) in [5, 5.41) is 8.47. The molecular weight excluding hydrogens is 160 g/mol. The standard InChI is InChI=1S/C11H18N2/c1-13(10-6-9-12)11-7-4-2-3-5-8-11/h7H,2-6,8,10H2,1H3. The monoisotopic (exact) mass is 178 g/mol. The molecule has 13 heavy (non-hydrogen) atoms. The van der Waals surface area contributed by atoms with Crippen molar-refractivity contribution in [2.24, 2.45) is 0 Å². The van der Waals surface area contributed by atoms with Crippen molar-refractivity contribution in [1.29, 1.82) is 5.26 Å². The van der Waals surface area contributed by atoms with E-state index in [9.17, 15) is 0 Å². The summed E-state index contributed by atoms with van der Waals surface area (Å²) in [6.45, 7) is 0.877. The fourth-order valence-electron chi connectivity index (χ4n) is 1.71. The van der Waals surface area contributed by atoms with Gasteiger partial charge >= 0.3 is 0 Å². The highest BCUT2D eigenvalue weighted by molar-refractivity contribution is 5.02. The molecule has 0 atom stereocenters. The Labute approximate surface area is 80.8 Å². The van der Waals surface area contributed by atoms with E-state index in [1.807, 2.05) is 0 Å². The third kappa shape index (κ3) is 3.50. The Hall–Kier alpha value is -0.970. The van der Waals surface area contributed by atoms with Gasteiger partial charge in [0, 0.05) is 19.3 Å². The second-order valence-electron chi connectivity index (χ2n) is 3.62. The van der Waals surface area contributed by atoms with Crippen molar-refractivity contribution in [3.05, 3.63) is 11.8 Å². The van der Waals surface area contributed by atoms with E-state index in [4.69, 9.17) is 5.26 Å². The molecule has 0 N–H and O–H groups in total. The quantitative estimate of drug-likeness (QED) is 0.664. The van der Waals surface area contributed by atoms with E-state index in [0.717, 1.165) is 6.54 Å². The van der Waals surface area contributed by atoms with Gasteiger partial charge in [-0.3, -0.25) is 0 Å². The Bertz CT molecular complexity index is 213. The zero-order valence-corrected chi connectivity index (χ0v) is 8.42. The number of hydrogen-bond donors (Lipinski definition) is 0. The molecule has 1 aliphatic carbocycles. The summed E-state index contributed by atoms with van der Waals surface area (Å²) < 4.78 is 0. The maximum Gasteiger partial charge on any atom is 0.0640 e. The summed E-state index contributed by atoms with van der Waals surface area (Å²) in [5.74, 6) is 0. The highest BCUT2D eigenvalue weighted by Crippen LogP contribution is 2.19. The second-order valence-corrected chi connectivity index (χ2v) is 3.62. The Morgan fingerprint density at radius 2 is 2.31 bits per heavy atom. The minimum Gasteiger partial charge on any atom is -0.377 e. The number of nitriles is 1. The first kappa shape index (κ1) is 10.1. The van der Waals surface area contributed by atoms with Gasteiger partial charge in [0.05, 0.1) is 12.5 Å². The van der Waals surface area contributed by atoms with E-state index < -0.39 is 0 Å². The van der Waals surface area contributed by atoms with Crippen LogP contribution in [0.2, 0.25) is 0 Å². The minimum atomic E-state index is 0.633. The topological polar surface area (TPSA) is 27.0 Å². The van der Waals surface area contributed by atoms with Gasteiger partial charge in [-0.2, -0.15) is 5.26 Å². The Balaban J connectivity index is 2.39. The molecule has 72 valence electrons. The van der Waals surface area contributed by atoms with Crippen molar-refractivity contribution in [1.82, 2.24) is 4.90 Å². The number of allylic oxidation sites excluding steroid dienone is 2. The third-order valence-electron chi connectivity index (χ3n) is 2.57. The summed E-state index contributed by atoms with van der Waals surface area (Å²) in [7, 11) is 2.09. The Kier molecular flexibility index (Phi) is 4.39. The van der Waals surface area contributed by atoms with E-state index >= 15 is 0 Å². The van der Waals surface area contributed by atoms with Crippen molar-refractivity contribution in [3.63, 3.8) is 0 Å². The van der Waals surface area contributed by atoms with Gasteiger partial charge in [0.1, 0.15) is 0 Å². The SMILES string of the molecule is CN(CCC#N)C1=CCCCCC1. The highest BCUT2D eigenvalue weighted by atomic mass is 15.1. The fraction of sp³-hybridized carbons (Fsp3) is 0.727. The van der Waals surface area contributed by atoms with Crippen molar-refractivity contribution < 1.29 is 0 Å². The van der Waals surface area contributed by atoms with Gasteiger partial charge in [-0.05, 0) is 25.7 Å². The molecule has 1 aliphatic rings. The highest BCUT2D eigenvalue weighted by Gasteiger charge is 2.06. The summed E-state index contributed by atoms with van der Waals surface area (Å²) in [5.41, 5.74) is 1.44. The van der Waals surface area contributed by atoms with Gasteiger partial charge in [-0.1, -0.05) is 12.5 Å². The molecule has 0 aromatic carbocycles. The zero-order chi connectivity index (χ0) is 9.52. The van der Waals surface area contributed by atoms with Crippen LogP contribution in [-0.2, 0) is 0 Å². The smallest absolute Gasteiger partial charge is 0.0640 e. The lowest BCUT2D eigenvalue weighted by atomic mass is 10.2. The van der Waals surface area contributed by atoms with Crippen LogP contribution in [0, 0.1) is 11.3 Å². The van der Waals surface area contributed by atoms with Crippen LogP contribution in [0.1, 0.15) is 38.5 Å². The fourth-order valence-corrected chi connectivity index (χ4v) is 1.71. The third-order valence-corrected chi connectivity index (χ3v) is 2.57. The molecule has 0 spiro atoms. The molecule has 0 aromatic rings. The lowest BCUT2D eigenvalue weighted by Gasteiger charge is -2.20. The van der Waals surface area contributed by atoms with Gasteiger partial charge in [-0.15, -0.1) is 0 Å². The van der Waals surface area contributed by atoms with E-state index in [1.54, 1.807) is 0 Å². The second kappa shape index (κ2) is 5.64. The molecule has 0 unspecified atom stereocenters. The summed E-state index contributed by atoms with van der Waals surface area (Å²) in [6.07, 6.45) is 9.37. The minimum absolute atomic E-state index is 0.633. The zero-order valence-electron chi connectivity index (χ0n) is 8.42. The van der Waals surface area contributed by atoms with Crippen LogP contribution < -0.4 is 0 Å². The lowest BCUT2D eigenvalue weighted by molar-refractivity contribution is 0.407. The molecule has 0 aliphatic heterocycles. The summed E-state index contributed by atoms with van der Waals surface area (Å²) in [4.78, 5) is 2.23. The summed E-state index contributed by atoms with van der Waals surface area (Å²) in [6, 6.07) is 2.18. The maximum atomic E-state index is 8.47. The Morgan fingerprint density at radius 3 is 3.08 bits per heavy atom. The van der Waals surface area contributed by atoms with Crippen LogP contribution >= 0.6 is 0 Å². The maximum absolute atomic E-state index is 8.47. The average Bonchev–Trinajstić information content (AvgIpc) is 2.42. The molecule has 1 rings (SSSR count). The first-order chi connectivity index (χ1) is 6.34. The van der Waals surface area contributed by atoms with Crippen molar-refractivity contribution in [3.8, 4) is 6.07 Å². The molecule has 0 fully saturated rings. The van der Waals surface area contributed by atoms with Gasteiger partial charge in [0.2, 0.25) is 0 Å². The molecule has 0 radical (unpaired) electrons. The van der Waals surface area contributed by atoms with E-state index in [2.05, 4.69) is 24.1 Å². The van der Waals surface area contributed by atoms with Gasteiger partial charge in [0.15, 0.2) is 0 Å². The van der Waals surface area contributed by atoms with Gasteiger partial charge in [0.25, 0.3) is 0 Å². The van der Waals surface area contributed by atoms with E-state index in [0.29, 0.717) is 6.42 Å². The van der Waals surface area contributed by atoms with Crippen LogP contribution in [0.25, 0.3) is 0 Å². The molecule has 2 nitrogen and oxygen atoms in total. The molecular formula is C11H18N2. The van der Waals surface area contributed by atoms with Crippen LogP contribution in [0.4, 0.5) is 0 Å². The van der Waals surface area contributed by atoms with Crippen LogP contribution in [0.15, 0.2) is 11.8 Å².